The summed E-state index contributed by atoms with van der Waals surface area (Å²) >= 11 is 12.7. The molecule has 1 aromatic carbocycles. The zero-order chi connectivity index (χ0) is 28.2. The average molecular weight is 569 g/mol. The molecule has 1 aliphatic rings. The molecule has 38 heavy (non-hydrogen) atoms. The lowest BCUT2D eigenvalue weighted by atomic mass is 9.78. The number of unbranched alkanes of at least 4 members (excludes halogenated alkanes) is 1. The molecule has 1 heterocycles. The number of carbonyl (C=O) groups is 4. The first-order chi connectivity index (χ1) is 17.9. The molecule has 6 N–H and O–H groups in total. The smallest absolute Gasteiger partial charge is 0.405 e. The van der Waals surface area contributed by atoms with Gasteiger partial charge in [0.15, 0.2) is 0 Å². The van der Waals surface area contributed by atoms with Gasteiger partial charge in [-0.25, -0.2) is 4.79 Å². The predicted octanol–water partition coefficient (Wildman–Crippen LogP) is 3.61. The Bertz CT molecular complexity index is 1230. The zero-order valence-electron chi connectivity index (χ0n) is 21.8. The number of hydrogen-bond donors (Lipinski definition) is 5. The Morgan fingerprint density at radius 2 is 1.95 bits per heavy atom. The van der Waals surface area contributed by atoms with Crippen LogP contribution >= 0.6 is 23.2 Å². The van der Waals surface area contributed by atoms with Crippen LogP contribution in [0.2, 0.25) is 10.0 Å². The number of hydrogen-bond acceptors (Lipinski definition) is 4. The summed E-state index contributed by atoms with van der Waals surface area (Å²) in [5.41, 5.74) is 6.37. The van der Waals surface area contributed by atoms with Crippen molar-refractivity contribution in [1.29, 1.82) is 0 Å². The number of primary amides is 1. The summed E-state index contributed by atoms with van der Waals surface area (Å²) in [6.45, 7) is 5.57. The molecular weight excluding hydrogens is 533 g/mol. The van der Waals surface area contributed by atoms with E-state index in [0.29, 0.717) is 34.8 Å². The maximum absolute atomic E-state index is 14.2. The molecular formula is C26H35Cl2N5O5. The fraction of sp³-hybridized carbons (Fsp3) is 0.538. The third-order valence-corrected chi connectivity index (χ3v) is 7.78. The minimum absolute atomic E-state index is 0.102. The van der Waals surface area contributed by atoms with Crippen LogP contribution in [-0.2, 0) is 27.2 Å². The molecule has 0 bridgehead atoms. The lowest BCUT2D eigenvalue weighted by Crippen LogP contribution is -2.66. The summed E-state index contributed by atoms with van der Waals surface area (Å²) in [6.07, 6.45) is 1.36. The van der Waals surface area contributed by atoms with Crippen molar-refractivity contribution in [2.45, 2.75) is 70.9 Å². The van der Waals surface area contributed by atoms with Crippen molar-refractivity contribution in [2.24, 2.45) is 11.7 Å². The van der Waals surface area contributed by atoms with Crippen molar-refractivity contribution in [3.63, 3.8) is 0 Å². The molecule has 4 amide bonds. The van der Waals surface area contributed by atoms with Crippen LogP contribution < -0.4 is 16.4 Å². The molecule has 1 aliphatic carbocycles. The molecule has 0 radical (unpaired) electrons. The maximum Gasteiger partial charge on any atom is 0.405 e. The van der Waals surface area contributed by atoms with Crippen LogP contribution in [0.25, 0.3) is 10.9 Å². The summed E-state index contributed by atoms with van der Waals surface area (Å²) in [5, 5.41) is 16.2. The molecule has 10 nitrogen and oxygen atoms in total. The fourth-order valence-electron chi connectivity index (χ4n) is 5.05. The van der Waals surface area contributed by atoms with Gasteiger partial charge in [0.2, 0.25) is 17.7 Å². The van der Waals surface area contributed by atoms with Gasteiger partial charge >= 0.3 is 6.09 Å². The van der Waals surface area contributed by atoms with Crippen molar-refractivity contribution in [1.82, 2.24) is 20.5 Å². The molecule has 1 aromatic heterocycles. The first-order valence-electron chi connectivity index (χ1n) is 12.8. The lowest BCUT2D eigenvalue weighted by Gasteiger charge is -2.41. The summed E-state index contributed by atoms with van der Waals surface area (Å²) < 4.78 is 0. The van der Waals surface area contributed by atoms with Crippen molar-refractivity contribution >= 4 is 57.9 Å². The normalized spacial score (nSPS) is 18.3. The number of nitrogens with zero attached hydrogens (tertiary/aromatic N) is 1. The van der Waals surface area contributed by atoms with E-state index in [1.54, 1.807) is 19.1 Å². The molecule has 0 saturated carbocycles. The Hall–Kier alpha value is -2.98. The van der Waals surface area contributed by atoms with E-state index in [1.807, 2.05) is 13.8 Å². The van der Waals surface area contributed by atoms with Gasteiger partial charge in [0.25, 0.3) is 0 Å². The lowest BCUT2D eigenvalue weighted by molar-refractivity contribution is -0.145. The van der Waals surface area contributed by atoms with E-state index in [4.69, 9.17) is 28.9 Å². The number of benzene rings is 1. The van der Waals surface area contributed by atoms with Gasteiger partial charge in [-0.15, -0.1) is 0 Å². The number of rotatable bonds is 11. The molecule has 0 fully saturated rings. The van der Waals surface area contributed by atoms with Gasteiger partial charge in [-0.1, -0.05) is 56.8 Å². The SMILES string of the molecule is CCCCN(CC(N)=O)C(=O)C1(NC(=O)[C@@H](NC(=O)O)C(C)CC)CCc2[nH]c3c(Cl)cc(Cl)cc3c2C1. The number of amides is 4. The molecule has 12 heteroatoms. The standard InChI is InChI=1S/C26H35Cl2N5O5/c1-4-6-9-33(13-20(29)34)24(36)26(32-23(35)21(14(3)5-2)31-25(37)38)8-7-19-17(12-26)16-10-15(27)11-18(28)22(16)30-19/h10-11,14,21,30-31H,4-9,12-13H2,1-3H3,(H2,29,34)(H,32,35)(H,37,38)/t14?,21-,26?/m0/s1. The predicted molar refractivity (Wildman–Crippen MR) is 146 cm³/mol. The van der Waals surface area contributed by atoms with Crippen molar-refractivity contribution in [3.05, 3.63) is 33.4 Å². The second kappa shape index (κ2) is 12.3. The summed E-state index contributed by atoms with van der Waals surface area (Å²) in [6, 6.07) is 2.31. The molecule has 0 spiro atoms. The number of nitrogens with one attached hydrogen (secondary N) is 3. The van der Waals surface area contributed by atoms with E-state index in [2.05, 4.69) is 15.6 Å². The number of carbonyl (C=O) groups excluding carboxylic acids is 3. The van der Waals surface area contributed by atoms with Crippen LogP contribution in [-0.4, -0.2) is 63.5 Å². The van der Waals surface area contributed by atoms with E-state index in [9.17, 15) is 24.3 Å². The van der Waals surface area contributed by atoms with Crippen molar-refractivity contribution < 1.29 is 24.3 Å². The van der Waals surface area contributed by atoms with Crippen LogP contribution in [0.15, 0.2) is 12.1 Å². The highest BCUT2D eigenvalue weighted by Gasteiger charge is 2.47. The number of aryl methyl sites for hydroxylation is 1. The number of halogens is 2. The van der Waals surface area contributed by atoms with Gasteiger partial charge in [0.05, 0.1) is 17.1 Å². The van der Waals surface area contributed by atoms with Gasteiger partial charge in [-0.05, 0) is 42.9 Å². The summed E-state index contributed by atoms with van der Waals surface area (Å²) in [7, 11) is 0. The molecule has 0 saturated heterocycles. The minimum atomic E-state index is -1.44. The zero-order valence-corrected chi connectivity index (χ0v) is 23.3. The maximum atomic E-state index is 14.2. The molecule has 0 aliphatic heterocycles. The third-order valence-electron chi connectivity index (χ3n) is 7.26. The second-order valence-electron chi connectivity index (χ2n) is 10.00. The molecule has 3 rings (SSSR count). The third kappa shape index (κ3) is 6.35. The van der Waals surface area contributed by atoms with Gasteiger partial charge in [0, 0.05) is 29.1 Å². The average Bonchev–Trinajstić information content (AvgIpc) is 3.21. The molecule has 2 unspecified atom stereocenters. The number of carboxylic acid groups (broad SMARTS) is 1. The van der Waals surface area contributed by atoms with Crippen molar-refractivity contribution in [3.8, 4) is 0 Å². The van der Waals surface area contributed by atoms with Gasteiger partial charge in [0.1, 0.15) is 11.6 Å². The van der Waals surface area contributed by atoms with Crippen LogP contribution in [0.1, 0.15) is 57.7 Å². The number of fused-ring (bicyclic) bond motifs is 3. The Balaban J connectivity index is 2.10. The number of aromatic amines is 1. The second-order valence-corrected chi connectivity index (χ2v) is 10.8. The first-order valence-corrected chi connectivity index (χ1v) is 13.6. The largest absolute Gasteiger partial charge is 0.465 e. The van der Waals surface area contributed by atoms with E-state index in [-0.39, 0.29) is 31.8 Å². The van der Waals surface area contributed by atoms with Gasteiger partial charge in [-0.2, -0.15) is 0 Å². The molecule has 2 aromatic rings. The van der Waals surface area contributed by atoms with Crippen LogP contribution in [0, 0.1) is 5.92 Å². The highest BCUT2D eigenvalue weighted by molar-refractivity contribution is 6.38. The van der Waals surface area contributed by atoms with E-state index in [0.717, 1.165) is 23.1 Å². The van der Waals surface area contributed by atoms with Crippen LogP contribution in [0.3, 0.4) is 0 Å². The van der Waals surface area contributed by atoms with E-state index >= 15 is 0 Å². The first kappa shape index (κ1) is 29.6. The number of nitrogens with two attached hydrogens (primary N) is 1. The Labute approximate surface area is 231 Å². The van der Waals surface area contributed by atoms with E-state index in [1.165, 1.54) is 4.90 Å². The molecule has 3 atom stereocenters. The summed E-state index contributed by atoms with van der Waals surface area (Å²) in [5.74, 6) is -2.04. The Morgan fingerprint density at radius 3 is 2.55 bits per heavy atom. The Kier molecular flexibility index (Phi) is 9.54. The highest BCUT2D eigenvalue weighted by atomic mass is 35.5. The number of H-pyrrole nitrogens is 1. The molecule has 208 valence electrons. The fourth-order valence-corrected chi connectivity index (χ4v) is 5.60. The highest BCUT2D eigenvalue weighted by Crippen LogP contribution is 2.39. The van der Waals surface area contributed by atoms with Crippen LogP contribution in [0.4, 0.5) is 4.79 Å². The van der Waals surface area contributed by atoms with Gasteiger partial charge in [-0.3, -0.25) is 14.4 Å². The van der Waals surface area contributed by atoms with Crippen molar-refractivity contribution in [2.75, 3.05) is 13.1 Å². The summed E-state index contributed by atoms with van der Waals surface area (Å²) in [4.78, 5) is 55.8. The topological polar surface area (TPSA) is 158 Å². The quantitative estimate of drug-likeness (QED) is 0.280. The van der Waals surface area contributed by atoms with Gasteiger partial charge < -0.3 is 31.4 Å². The van der Waals surface area contributed by atoms with E-state index < -0.39 is 35.4 Å². The monoisotopic (exact) mass is 567 g/mol. The minimum Gasteiger partial charge on any atom is -0.465 e. The Morgan fingerprint density at radius 1 is 1.24 bits per heavy atom. The number of aromatic nitrogens is 1. The van der Waals surface area contributed by atoms with Crippen LogP contribution in [0.5, 0.6) is 0 Å².